The fourth-order valence-electron chi connectivity index (χ4n) is 2.40. The number of alkyl halides is 2. The molecule has 0 bridgehead atoms. The lowest BCUT2D eigenvalue weighted by Gasteiger charge is -2.22. The zero-order chi connectivity index (χ0) is 14.8. The van der Waals surface area contributed by atoms with Gasteiger partial charge in [-0.15, -0.1) is 0 Å². The highest BCUT2D eigenvalue weighted by Crippen LogP contribution is 2.19. The molecule has 1 aliphatic rings. The van der Waals surface area contributed by atoms with Gasteiger partial charge in [0.05, 0.1) is 12.0 Å². The number of nitrogens with zero attached hydrogens (tertiary/aromatic N) is 3. The van der Waals surface area contributed by atoms with Crippen molar-refractivity contribution in [2.45, 2.75) is 31.7 Å². The maximum atomic E-state index is 12.6. The van der Waals surface area contributed by atoms with Gasteiger partial charge in [0.15, 0.2) is 0 Å². The molecule has 0 aromatic carbocycles. The Bertz CT molecular complexity index is 658. The lowest BCUT2D eigenvalue weighted by Crippen LogP contribution is -2.39. The Morgan fingerprint density at radius 2 is 2.24 bits per heavy atom. The summed E-state index contributed by atoms with van der Waals surface area (Å²) < 4.78 is 25.1. The zero-order valence-corrected chi connectivity index (χ0v) is 11.0. The second-order valence-electron chi connectivity index (χ2n) is 4.87. The maximum absolute atomic E-state index is 12.6. The van der Waals surface area contributed by atoms with Crippen molar-refractivity contribution < 1.29 is 13.6 Å². The molecule has 2 heterocycles. The van der Waals surface area contributed by atoms with Gasteiger partial charge in [-0.3, -0.25) is 4.79 Å². The number of nitrogens with one attached hydrogen (secondary N) is 2. The summed E-state index contributed by atoms with van der Waals surface area (Å²) >= 11 is 0. The van der Waals surface area contributed by atoms with Crippen LogP contribution in [0.4, 0.5) is 8.78 Å². The number of aromatic nitrogens is 4. The first kappa shape index (κ1) is 13.6. The monoisotopic (exact) mass is 293 g/mol. The van der Waals surface area contributed by atoms with Crippen molar-refractivity contribution in [1.82, 2.24) is 25.3 Å². The predicted octanol–water partition coefficient (Wildman–Crippen LogP) is 1.42. The van der Waals surface area contributed by atoms with Crippen LogP contribution in [-0.4, -0.2) is 31.9 Å². The van der Waals surface area contributed by atoms with Crippen LogP contribution in [0.25, 0.3) is 0 Å². The third-order valence-corrected chi connectivity index (χ3v) is 3.47. The molecule has 2 aromatic rings. The molecule has 110 valence electrons. The number of rotatable bonds is 3. The molecule has 1 aliphatic carbocycles. The fraction of sp³-hybridized carbons (Fsp3) is 0.385. The van der Waals surface area contributed by atoms with E-state index in [1.54, 1.807) is 6.33 Å². The van der Waals surface area contributed by atoms with Crippen LogP contribution in [0.2, 0.25) is 0 Å². The molecule has 0 fully saturated rings. The van der Waals surface area contributed by atoms with E-state index in [9.17, 15) is 13.6 Å². The van der Waals surface area contributed by atoms with Gasteiger partial charge in [-0.25, -0.2) is 23.7 Å². The summed E-state index contributed by atoms with van der Waals surface area (Å²) in [4.78, 5) is 26.5. The van der Waals surface area contributed by atoms with Crippen LogP contribution in [0.5, 0.6) is 0 Å². The smallest absolute Gasteiger partial charge is 0.280 e. The summed E-state index contributed by atoms with van der Waals surface area (Å²) in [5, 5.41) is 2.81. The van der Waals surface area contributed by atoms with Crippen LogP contribution in [-0.2, 0) is 12.8 Å². The number of aromatic amines is 1. The minimum Gasteiger partial charge on any atom is -0.348 e. The fourth-order valence-corrected chi connectivity index (χ4v) is 2.40. The summed E-state index contributed by atoms with van der Waals surface area (Å²) in [6, 6.07) is 0.959. The zero-order valence-electron chi connectivity index (χ0n) is 11.0. The molecular weight excluding hydrogens is 280 g/mol. The Hall–Kier alpha value is -2.38. The Morgan fingerprint density at radius 1 is 1.38 bits per heavy atom. The molecule has 0 unspecified atom stereocenters. The Kier molecular flexibility index (Phi) is 3.59. The second-order valence-corrected chi connectivity index (χ2v) is 4.87. The van der Waals surface area contributed by atoms with Crippen molar-refractivity contribution in [1.29, 1.82) is 0 Å². The molecule has 0 saturated heterocycles. The molecule has 21 heavy (non-hydrogen) atoms. The molecule has 0 radical (unpaired) electrons. The molecular formula is C13H13F2N5O. The highest BCUT2D eigenvalue weighted by molar-refractivity contribution is 5.92. The summed E-state index contributed by atoms with van der Waals surface area (Å²) in [6.07, 6.45) is 2.07. The Morgan fingerprint density at radius 3 is 3.05 bits per heavy atom. The number of amides is 1. The van der Waals surface area contributed by atoms with E-state index in [2.05, 4.69) is 25.3 Å². The van der Waals surface area contributed by atoms with Gasteiger partial charge < -0.3 is 10.3 Å². The van der Waals surface area contributed by atoms with Crippen LogP contribution >= 0.6 is 0 Å². The van der Waals surface area contributed by atoms with Crippen molar-refractivity contribution in [3.05, 3.63) is 41.5 Å². The first-order chi connectivity index (χ1) is 10.1. The third kappa shape index (κ3) is 2.88. The van der Waals surface area contributed by atoms with Crippen LogP contribution < -0.4 is 5.32 Å². The van der Waals surface area contributed by atoms with E-state index in [0.29, 0.717) is 6.42 Å². The quantitative estimate of drug-likeness (QED) is 0.896. The van der Waals surface area contributed by atoms with Gasteiger partial charge in [-0.05, 0) is 18.9 Å². The van der Waals surface area contributed by atoms with Crippen LogP contribution in [0, 0.1) is 0 Å². The van der Waals surface area contributed by atoms with Gasteiger partial charge in [0, 0.05) is 18.2 Å². The summed E-state index contributed by atoms with van der Waals surface area (Å²) in [6.45, 7) is 0. The molecule has 0 spiro atoms. The highest BCUT2D eigenvalue weighted by Gasteiger charge is 2.23. The van der Waals surface area contributed by atoms with Crippen LogP contribution in [0.3, 0.4) is 0 Å². The molecule has 6 nitrogen and oxygen atoms in total. The van der Waals surface area contributed by atoms with Gasteiger partial charge in [-0.1, -0.05) is 0 Å². The number of aryl methyl sites for hydroxylation is 1. The van der Waals surface area contributed by atoms with E-state index in [1.807, 2.05) is 0 Å². The van der Waals surface area contributed by atoms with Gasteiger partial charge in [0.25, 0.3) is 12.3 Å². The topological polar surface area (TPSA) is 83.6 Å². The predicted molar refractivity (Wildman–Crippen MR) is 68.9 cm³/mol. The second kappa shape index (κ2) is 5.55. The minimum absolute atomic E-state index is 0.0456. The molecule has 1 amide bonds. The molecule has 8 heteroatoms. The van der Waals surface area contributed by atoms with Gasteiger partial charge in [0.1, 0.15) is 17.7 Å². The van der Waals surface area contributed by atoms with E-state index >= 15 is 0 Å². The average Bonchev–Trinajstić information content (AvgIpc) is 2.95. The average molecular weight is 293 g/mol. The van der Waals surface area contributed by atoms with Crippen molar-refractivity contribution in [3.8, 4) is 0 Å². The first-order valence-electron chi connectivity index (χ1n) is 6.55. The number of carbonyl (C=O) groups is 1. The maximum Gasteiger partial charge on any atom is 0.280 e. The molecule has 0 aliphatic heterocycles. The summed E-state index contributed by atoms with van der Waals surface area (Å²) in [7, 11) is 0. The molecule has 2 aromatic heterocycles. The molecule has 2 N–H and O–H groups in total. The van der Waals surface area contributed by atoms with E-state index in [-0.39, 0.29) is 11.7 Å². The van der Waals surface area contributed by atoms with Crippen LogP contribution in [0.15, 0.2) is 18.7 Å². The Balaban J connectivity index is 1.68. The third-order valence-electron chi connectivity index (χ3n) is 3.47. The van der Waals surface area contributed by atoms with Crippen molar-refractivity contribution in [2.24, 2.45) is 0 Å². The van der Waals surface area contributed by atoms with Crippen molar-refractivity contribution in [3.63, 3.8) is 0 Å². The standard InChI is InChI=1S/C13H13F2N5O/c14-12(15)10-4-11(19-6-18-10)13(21)20-7-1-2-8-9(3-7)17-5-16-8/h4-7,12H,1-3H2,(H,16,17)(H,20,21)/t7-/m0/s1. The number of hydrogen-bond donors (Lipinski definition) is 2. The van der Waals surface area contributed by atoms with Gasteiger partial charge >= 0.3 is 0 Å². The van der Waals surface area contributed by atoms with Gasteiger partial charge in [0.2, 0.25) is 0 Å². The summed E-state index contributed by atoms with van der Waals surface area (Å²) in [5.41, 5.74) is 1.52. The Labute approximate surface area is 119 Å². The van der Waals surface area contributed by atoms with E-state index < -0.39 is 18.0 Å². The molecule has 1 atom stereocenters. The largest absolute Gasteiger partial charge is 0.348 e. The normalized spacial score (nSPS) is 17.6. The van der Waals surface area contributed by atoms with E-state index in [0.717, 1.165) is 36.6 Å². The number of halogens is 2. The lowest BCUT2D eigenvalue weighted by atomic mass is 9.96. The molecule has 0 saturated carbocycles. The SMILES string of the molecule is O=C(N[C@H]1CCc2nc[nH]c2C1)c1cc(C(F)F)ncn1. The minimum atomic E-state index is -2.72. The van der Waals surface area contributed by atoms with Gasteiger partial charge in [-0.2, -0.15) is 0 Å². The highest BCUT2D eigenvalue weighted by atomic mass is 19.3. The molecule has 3 rings (SSSR count). The first-order valence-corrected chi connectivity index (χ1v) is 6.55. The number of hydrogen-bond acceptors (Lipinski definition) is 4. The van der Waals surface area contributed by atoms with E-state index in [1.165, 1.54) is 0 Å². The number of imidazole rings is 1. The summed E-state index contributed by atoms with van der Waals surface area (Å²) in [5.74, 6) is -0.465. The van der Waals surface area contributed by atoms with Crippen molar-refractivity contribution >= 4 is 5.91 Å². The van der Waals surface area contributed by atoms with E-state index in [4.69, 9.17) is 0 Å². The van der Waals surface area contributed by atoms with Crippen molar-refractivity contribution in [2.75, 3.05) is 0 Å². The number of H-pyrrole nitrogens is 1. The number of fused-ring (bicyclic) bond motifs is 1. The van der Waals surface area contributed by atoms with Crippen LogP contribution in [0.1, 0.15) is 40.4 Å². The number of carbonyl (C=O) groups excluding carboxylic acids is 1. The lowest BCUT2D eigenvalue weighted by molar-refractivity contribution is 0.0927.